The Morgan fingerprint density at radius 3 is 2.06 bits per heavy atom. The molecule has 2 aliphatic rings. The van der Waals surface area contributed by atoms with Crippen LogP contribution in [0.5, 0.6) is 11.5 Å². The lowest BCUT2D eigenvalue weighted by Crippen LogP contribution is -2.65. The minimum absolute atomic E-state index is 0.0861. The Morgan fingerprint density at radius 1 is 0.800 bits per heavy atom. The summed E-state index contributed by atoms with van der Waals surface area (Å²) in [5.41, 5.74) is -2.75. The lowest BCUT2D eigenvalue weighted by atomic mass is 9.78. The first-order valence-corrected chi connectivity index (χ1v) is 15.2. The van der Waals surface area contributed by atoms with Crippen LogP contribution in [-0.4, -0.2) is 121 Å². The van der Waals surface area contributed by atoms with Crippen LogP contribution in [0.2, 0.25) is 0 Å². The van der Waals surface area contributed by atoms with Crippen LogP contribution in [-0.2, 0) is 35.1 Å². The minimum atomic E-state index is -2.93. The summed E-state index contributed by atoms with van der Waals surface area (Å²) < 4.78 is 27.7. The zero-order chi connectivity index (χ0) is 36.2. The molecule has 7 N–H and O–H groups in total. The molecule has 3 aromatic rings. The van der Waals surface area contributed by atoms with Crippen molar-refractivity contribution in [3.05, 3.63) is 95.6 Å². The van der Waals surface area contributed by atoms with E-state index < -0.39 is 97.9 Å². The van der Waals surface area contributed by atoms with Crippen molar-refractivity contribution in [2.24, 2.45) is 0 Å². The van der Waals surface area contributed by atoms with Gasteiger partial charge in [-0.25, -0.2) is 14.4 Å². The number of phenolic OH excluding ortho intramolecular Hbond substituents is 1. The largest absolute Gasteiger partial charge is 0.508 e. The van der Waals surface area contributed by atoms with Gasteiger partial charge in [0.15, 0.2) is 17.5 Å². The third-order valence-corrected chi connectivity index (χ3v) is 8.19. The molecule has 3 aromatic carbocycles. The average Bonchev–Trinajstić information content (AvgIpc) is 3.12. The molecular formula is C34H34O16. The Kier molecular flexibility index (Phi) is 11.1. The fourth-order valence-corrected chi connectivity index (χ4v) is 5.35. The molecule has 1 heterocycles. The summed E-state index contributed by atoms with van der Waals surface area (Å²) in [6.45, 7) is -1.36. The van der Waals surface area contributed by atoms with E-state index in [1.807, 2.05) is 0 Å². The van der Waals surface area contributed by atoms with Gasteiger partial charge in [-0.15, -0.1) is 0 Å². The van der Waals surface area contributed by atoms with E-state index in [2.05, 4.69) is 0 Å². The number of Topliss-reactive ketones (excluding diaryl/α,β-unsaturated/α-hetero) is 1. The van der Waals surface area contributed by atoms with E-state index in [1.54, 1.807) is 36.4 Å². The van der Waals surface area contributed by atoms with Crippen LogP contribution in [0, 0.1) is 0 Å². The molecule has 2 fully saturated rings. The first-order chi connectivity index (χ1) is 23.8. The topological polar surface area (TPSA) is 256 Å². The van der Waals surface area contributed by atoms with Gasteiger partial charge in [0.2, 0.25) is 6.29 Å². The van der Waals surface area contributed by atoms with E-state index in [9.17, 15) is 54.9 Å². The third kappa shape index (κ3) is 7.76. The van der Waals surface area contributed by atoms with Crippen molar-refractivity contribution >= 4 is 23.7 Å². The molecule has 1 aliphatic heterocycles. The van der Waals surface area contributed by atoms with Crippen molar-refractivity contribution in [2.75, 3.05) is 6.61 Å². The highest BCUT2D eigenvalue weighted by Gasteiger charge is 2.57. The minimum Gasteiger partial charge on any atom is -0.508 e. The highest BCUT2D eigenvalue weighted by atomic mass is 16.7. The SMILES string of the molecule is O=C(OC[C@H]1O[C@@H](Oc2ccc(O)cc2COC(=O)C2(O)CC(=O)[C@@H](O)[C@@H](O)[C@H]2O)[C@H](OC(=O)c2ccccc2)[C@@H](O)[C@@H]1O)c1ccccc1. The number of aromatic hydroxyl groups is 1. The second-order valence-electron chi connectivity index (χ2n) is 11.7. The summed E-state index contributed by atoms with van der Waals surface area (Å²) in [5, 5.41) is 72.8. The van der Waals surface area contributed by atoms with Gasteiger partial charge in [0.05, 0.1) is 17.5 Å². The quantitative estimate of drug-likeness (QED) is 0.100. The summed E-state index contributed by atoms with van der Waals surface area (Å²) in [4.78, 5) is 50.5. The number of carbonyl (C=O) groups is 4. The van der Waals surface area contributed by atoms with Crippen molar-refractivity contribution in [3.63, 3.8) is 0 Å². The van der Waals surface area contributed by atoms with Gasteiger partial charge in [-0.05, 0) is 42.5 Å². The van der Waals surface area contributed by atoms with E-state index in [1.165, 1.54) is 30.3 Å². The molecule has 9 atom stereocenters. The molecule has 0 spiro atoms. The number of phenols is 1. The van der Waals surface area contributed by atoms with Gasteiger partial charge in [0.25, 0.3) is 0 Å². The van der Waals surface area contributed by atoms with E-state index >= 15 is 0 Å². The predicted octanol–water partition coefficient (Wildman–Crippen LogP) is -0.870. The second-order valence-corrected chi connectivity index (χ2v) is 11.7. The molecule has 5 rings (SSSR count). The average molecular weight is 699 g/mol. The van der Waals surface area contributed by atoms with Crippen LogP contribution in [0.25, 0.3) is 0 Å². The van der Waals surface area contributed by atoms with Crippen LogP contribution in [0.4, 0.5) is 0 Å². The fourth-order valence-electron chi connectivity index (χ4n) is 5.35. The molecule has 266 valence electrons. The Labute approximate surface area is 283 Å². The number of hydrogen-bond donors (Lipinski definition) is 7. The van der Waals surface area contributed by atoms with E-state index in [0.29, 0.717) is 0 Å². The number of ketones is 1. The lowest BCUT2D eigenvalue weighted by Gasteiger charge is -2.41. The highest BCUT2D eigenvalue weighted by Crippen LogP contribution is 2.33. The van der Waals surface area contributed by atoms with Gasteiger partial charge in [-0.1, -0.05) is 36.4 Å². The molecule has 0 aromatic heterocycles. The second kappa shape index (κ2) is 15.3. The molecule has 16 heteroatoms. The van der Waals surface area contributed by atoms with Gasteiger partial charge in [-0.3, -0.25) is 4.79 Å². The number of aliphatic hydroxyl groups is 6. The maximum absolute atomic E-state index is 13.0. The van der Waals surface area contributed by atoms with Crippen molar-refractivity contribution in [1.82, 2.24) is 0 Å². The van der Waals surface area contributed by atoms with Crippen molar-refractivity contribution in [3.8, 4) is 11.5 Å². The zero-order valence-corrected chi connectivity index (χ0v) is 26.1. The molecule has 1 unspecified atom stereocenters. The summed E-state index contributed by atoms with van der Waals surface area (Å²) in [6.07, 6.45) is -16.1. The lowest BCUT2D eigenvalue weighted by molar-refractivity contribution is -0.276. The number of ether oxygens (including phenoxy) is 5. The molecule has 1 aliphatic carbocycles. The predicted molar refractivity (Wildman–Crippen MR) is 164 cm³/mol. The Hall–Kier alpha value is -4.94. The van der Waals surface area contributed by atoms with E-state index in [0.717, 1.165) is 12.1 Å². The Balaban J connectivity index is 1.37. The molecule has 1 saturated carbocycles. The van der Waals surface area contributed by atoms with Crippen molar-refractivity contribution < 1.29 is 78.6 Å². The van der Waals surface area contributed by atoms with Crippen LogP contribution in [0.3, 0.4) is 0 Å². The van der Waals surface area contributed by atoms with Crippen LogP contribution >= 0.6 is 0 Å². The Bertz CT molecular complexity index is 1680. The smallest absolute Gasteiger partial charge is 0.341 e. The summed E-state index contributed by atoms with van der Waals surface area (Å²) >= 11 is 0. The first-order valence-electron chi connectivity index (χ1n) is 15.2. The van der Waals surface area contributed by atoms with Gasteiger partial charge in [0.1, 0.15) is 61.3 Å². The van der Waals surface area contributed by atoms with Crippen LogP contribution in [0.1, 0.15) is 32.7 Å². The number of benzene rings is 3. The van der Waals surface area contributed by atoms with Crippen LogP contribution < -0.4 is 4.74 Å². The van der Waals surface area contributed by atoms with Gasteiger partial charge < -0.3 is 59.4 Å². The maximum Gasteiger partial charge on any atom is 0.341 e. The molecule has 0 amide bonds. The van der Waals surface area contributed by atoms with Crippen molar-refractivity contribution in [2.45, 2.75) is 67.6 Å². The van der Waals surface area contributed by atoms with Gasteiger partial charge in [0, 0.05) is 5.56 Å². The third-order valence-electron chi connectivity index (χ3n) is 8.19. The number of aliphatic hydroxyl groups excluding tert-OH is 5. The summed E-state index contributed by atoms with van der Waals surface area (Å²) in [7, 11) is 0. The standard InChI is InChI=1S/C34H34O16/c35-20-11-12-22(19(13-20)15-47-33(44)34(45)14-21(36)24(37)27(40)29(34)41)48-32-28(50-31(43)18-9-5-2-6-10-18)26(39)25(38)23(49-32)16-46-30(42)17-7-3-1-4-8-17/h1-13,23-29,32,35,37-41,45H,14-16H2/t23-,24-,25-,26+,27-,28-,29-,32-,34?/m1/s1. The zero-order valence-electron chi connectivity index (χ0n) is 26.1. The highest BCUT2D eigenvalue weighted by molar-refractivity contribution is 5.94. The summed E-state index contributed by atoms with van der Waals surface area (Å²) in [6, 6.07) is 19.0. The number of carbonyl (C=O) groups excluding carboxylic acids is 4. The first kappa shape index (κ1) is 36.3. The maximum atomic E-state index is 13.0. The molecular weight excluding hydrogens is 664 g/mol. The van der Waals surface area contributed by atoms with E-state index in [-0.39, 0.29) is 28.2 Å². The van der Waals surface area contributed by atoms with E-state index in [4.69, 9.17) is 23.7 Å². The molecule has 1 saturated heterocycles. The summed E-state index contributed by atoms with van der Waals surface area (Å²) in [5.74, 6) is -4.92. The molecule has 16 nitrogen and oxygen atoms in total. The number of esters is 3. The molecule has 50 heavy (non-hydrogen) atoms. The Morgan fingerprint density at radius 2 is 1.42 bits per heavy atom. The fraction of sp³-hybridized carbons (Fsp3) is 0.353. The number of rotatable bonds is 10. The normalized spacial score (nSPS) is 29.4. The van der Waals surface area contributed by atoms with Gasteiger partial charge >= 0.3 is 17.9 Å². The number of hydrogen-bond acceptors (Lipinski definition) is 16. The van der Waals surface area contributed by atoms with Crippen LogP contribution in [0.15, 0.2) is 78.9 Å². The van der Waals surface area contributed by atoms with Crippen molar-refractivity contribution in [1.29, 1.82) is 0 Å². The van der Waals surface area contributed by atoms with Gasteiger partial charge in [-0.2, -0.15) is 0 Å². The molecule has 0 bridgehead atoms. The monoisotopic (exact) mass is 698 g/mol. The molecule has 0 radical (unpaired) electrons.